The van der Waals surface area contributed by atoms with Crippen LogP contribution in [0.2, 0.25) is 0 Å². The largest absolute Gasteiger partial charge is 0.485 e. The number of benzene rings is 1. The number of amides is 1. The number of hydrogen-bond donors (Lipinski definition) is 1. The fraction of sp³-hybridized carbons (Fsp3) is 0.650. The summed E-state index contributed by atoms with van der Waals surface area (Å²) in [7, 11) is -3.62. The predicted octanol–water partition coefficient (Wildman–Crippen LogP) is 1.21. The molecule has 0 aliphatic carbocycles. The minimum absolute atomic E-state index is 0.0596. The van der Waals surface area contributed by atoms with Crippen molar-refractivity contribution in [2.24, 2.45) is 0 Å². The van der Waals surface area contributed by atoms with Crippen LogP contribution >= 0.6 is 0 Å². The number of nitrogens with one attached hydrogen (secondary N) is 1. The smallest absolute Gasteiger partial charge is 0.267 e. The molecule has 2 saturated heterocycles. The minimum atomic E-state index is -3.62. The van der Waals surface area contributed by atoms with Gasteiger partial charge in [-0.3, -0.25) is 4.79 Å². The van der Waals surface area contributed by atoms with E-state index in [0.29, 0.717) is 24.6 Å². The molecule has 3 heterocycles. The van der Waals surface area contributed by atoms with Gasteiger partial charge in [0.1, 0.15) is 6.61 Å². The standard InChI is InChI=1S/C20H29N3O5S/c24-20(23-11-2-1-3-12-23)19-15-27-18-14-16(6-7-17(18)28-19)29(25,26)21-8-13-22-9-4-5-10-22/h6-7,14,19,21H,1-5,8-13,15H2. The number of hydrogen-bond acceptors (Lipinski definition) is 6. The molecule has 1 aromatic rings. The van der Waals surface area contributed by atoms with Crippen molar-refractivity contribution in [1.29, 1.82) is 0 Å². The van der Waals surface area contributed by atoms with Crippen LogP contribution in [0.15, 0.2) is 23.1 Å². The molecule has 9 heteroatoms. The van der Waals surface area contributed by atoms with Gasteiger partial charge in [0.05, 0.1) is 4.90 Å². The number of likely N-dealkylation sites (tertiary alicyclic amines) is 2. The van der Waals surface area contributed by atoms with Crippen LogP contribution in [0.5, 0.6) is 11.5 Å². The second-order valence-electron chi connectivity index (χ2n) is 7.86. The normalized spacial score (nSPS) is 22.6. The minimum Gasteiger partial charge on any atom is -0.485 e. The second-order valence-corrected chi connectivity index (χ2v) is 9.63. The summed E-state index contributed by atoms with van der Waals surface area (Å²) < 4.78 is 39.3. The van der Waals surface area contributed by atoms with Crippen molar-refractivity contribution < 1.29 is 22.7 Å². The lowest BCUT2D eigenvalue weighted by Crippen LogP contribution is -2.48. The zero-order chi connectivity index (χ0) is 20.3. The molecular weight excluding hydrogens is 394 g/mol. The van der Waals surface area contributed by atoms with Crippen LogP contribution < -0.4 is 14.2 Å². The zero-order valence-electron chi connectivity index (χ0n) is 16.6. The van der Waals surface area contributed by atoms with Crippen molar-refractivity contribution in [3.63, 3.8) is 0 Å². The van der Waals surface area contributed by atoms with E-state index < -0.39 is 16.1 Å². The molecule has 1 amide bonds. The van der Waals surface area contributed by atoms with E-state index in [2.05, 4.69) is 9.62 Å². The molecule has 4 rings (SSSR count). The van der Waals surface area contributed by atoms with Gasteiger partial charge in [-0.15, -0.1) is 0 Å². The molecule has 0 bridgehead atoms. The molecule has 1 aromatic carbocycles. The summed E-state index contributed by atoms with van der Waals surface area (Å²) in [4.78, 5) is 16.8. The maximum absolute atomic E-state index is 12.6. The van der Waals surface area contributed by atoms with Crippen LogP contribution in [-0.2, 0) is 14.8 Å². The third-order valence-electron chi connectivity index (χ3n) is 5.75. The third-order valence-corrected chi connectivity index (χ3v) is 7.21. The summed E-state index contributed by atoms with van der Waals surface area (Å²) in [5.74, 6) is 0.702. The first-order chi connectivity index (χ1) is 14.0. The van der Waals surface area contributed by atoms with E-state index in [-0.39, 0.29) is 17.4 Å². The van der Waals surface area contributed by atoms with Gasteiger partial charge in [0.15, 0.2) is 11.5 Å². The second kappa shape index (κ2) is 8.89. The average Bonchev–Trinajstić information content (AvgIpc) is 3.26. The topological polar surface area (TPSA) is 88.2 Å². The van der Waals surface area contributed by atoms with E-state index in [1.54, 1.807) is 6.07 Å². The number of ether oxygens (including phenoxy) is 2. The summed E-state index contributed by atoms with van der Waals surface area (Å²) in [6.07, 6.45) is 4.86. The highest BCUT2D eigenvalue weighted by atomic mass is 32.2. The first kappa shape index (κ1) is 20.4. The highest BCUT2D eigenvalue weighted by molar-refractivity contribution is 7.89. The Morgan fingerprint density at radius 2 is 1.76 bits per heavy atom. The number of nitrogens with zero attached hydrogens (tertiary/aromatic N) is 2. The summed E-state index contributed by atoms with van der Waals surface area (Å²) in [5, 5.41) is 0. The lowest BCUT2D eigenvalue weighted by molar-refractivity contribution is -0.142. The number of fused-ring (bicyclic) bond motifs is 1. The SMILES string of the molecule is O=C(C1COc2cc(S(=O)(=O)NCCN3CCCC3)ccc2O1)N1CCCCC1. The Kier molecular flexibility index (Phi) is 6.26. The molecule has 3 aliphatic heterocycles. The molecule has 1 atom stereocenters. The number of rotatable bonds is 6. The first-order valence-corrected chi connectivity index (χ1v) is 12.0. The van der Waals surface area contributed by atoms with Crippen LogP contribution in [0.1, 0.15) is 32.1 Å². The van der Waals surface area contributed by atoms with Gasteiger partial charge in [-0.25, -0.2) is 13.1 Å². The Morgan fingerprint density at radius 1 is 1.03 bits per heavy atom. The van der Waals surface area contributed by atoms with Gasteiger partial charge in [-0.05, 0) is 57.3 Å². The van der Waals surface area contributed by atoms with Crippen molar-refractivity contribution in [3.05, 3.63) is 18.2 Å². The fourth-order valence-corrected chi connectivity index (χ4v) is 5.12. The highest BCUT2D eigenvalue weighted by Crippen LogP contribution is 2.34. The Hall–Kier alpha value is -1.84. The van der Waals surface area contributed by atoms with Crippen LogP contribution in [0.25, 0.3) is 0 Å². The zero-order valence-corrected chi connectivity index (χ0v) is 17.5. The van der Waals surface area contributed by atoms with E-state index in [1.165, 1.54) is 25.0 Å². The lowest BCUT2D eigenvalue weighted by Gasteiger charge is -2.32. The summed E-state index contributed by atoms with van der Waals surface area (Å²) in [5.41, 5.74) is 0. The highest BCUT2D eigenvalue weighted by Gasteiger charge is 2.32. The molecule has 29 heavy (non-hydrogen) atoms. The van der Waals surface area contributed by atoms with Crippen molar-refractivity contribution in [2.75, 3.05) is 45.9 Å². The molecule has 0 aromatic heterocycles. The molecule has 160 valence electrons. The molecule has 1 N–H and O–H groups in total. The Morgan fingerprint density at radius 3 is 2.52 bits per heavy atom. The van der Waals surface area contributed by atoms with Crippen LogP contribution in [0, 0.1) is 0 Å². The molecule has 0 spiro atoms. The molecule has 8 nitrogen and oxygen atoms in total. The Balaban J connectivity index is 1.37. The molecule has 0 saturated carbocycles. The summed E-state index contributed by atoms with van der Waals surface area (Å²) in [6, 6.07) is 4.53. The first-order valence-electron chi connectivity index (χ1n) is 10.5. The average molecular weight is 424 g/mol. The summed E-state index contributed by atoms with van der Waals surface area (Å²) >= 11 is 0. The van der Waals surface area contributed by atoms with E-state index in [4.69, 9.17) is 9.47 Å². The van der Waals surface area contributed by atoms with Crippen LogP contribution in [0.4, 0.5) is 0 Å². The van der Waals surface area contributed by atoms with Crippen molar-refractivity contribution in [3.8, 4) is 11.5 Å². The van der Waals surface area contributed by atoms with E-state index in [9.17, 15) is 13.2 Å². The van der Waals surface area contributed by atoms with Gasteiger partial charge in [0.2, 0.25) is 16.1 Å². The molecule has 0 radical (unpaired) electrons. The van der Waals surface area contributed by atoms with Crippen molar-refractivity contribution in [1.82, 2.24) is 14.5 Å². The Labute approximate surface area is 172 Å². The monoisotopic (exact) mass is 423 g/mol. The molecular formula is C20H29N3O5S. The van der Waals surface area contributed by atoms with E-state index >= 15 is 0 Å². The molecule has 1 unspecified atom stereocenters. The fourth-order valence-electron chi connectivity index (χ4n) is 4.09. The predicted molar refractivity (Wildman–Crippen MR) is 108 cm³/mol. The number of sulfonamides is 1. The van der Waals surface area contributed by atoms with Gasteiger partial charge >= 0.3 is 0 Å². The summed E-state index contributed by atoms with van der Waals surface area (Å²) in [6.45, 7) is 4.76. The van der Waals surface area contributed by atoms with Crippen molar-refractivity contribution in [2.45, 2.75) is 43.1 Å². The molecule has 2 fully saturated rings. The van der Waals surface area contributed by atoms with Gasteiger partial charge in [0, 0.05) is 32.2 Å². The maximum Gasteiger partial charge on any atom is 0.267 e. The maximum atomic E-state index is 12.6. The van der Waals surface area contributed by atoms with Crippen molar-refractivity contribution >= 4 is 15.9 Å². The third kappa shape index (κ3) is 4.84. The van der Waals surface area contributed by atoms with Gasteiger partial charge in [0.25, 0.3) is 5.91 Å². The van der Waals surface area contributed by atoms with Gasteiger partial charge in [-0.1, -0.05) is 0 Å². The van der Waals surface area contributed by atoms with Gasteiger partial charge in [-0.2, -0.15) is 0 Å². The quantitative estimate of drug-likeness (QED) is 0.740. The molecule has 3 aliphatic rings. The number of piperidine rings is 1. The van der Waals surface area contributed by atoms with E-state index in [1.807, 2.05) is 4.90 Å². The van der Waals surface area contributed by atoms with E-state index in [0.717, 1.165) is 45.4 Å². The van der Waals surface area contributed by atoms with Gasteiger partial charge < -0.3 is 19.3 Å². The van der Waals surface area contributed by atoms with Crippen LogP contribution in [0.3, 0.4) is 0 Å². The Bertz CT molecular complexity index is 833. The number of carbonyl (C=O) groups is 1. The van der Waals surface area contributed by atoms with Crippen LogP contribution in [-0.4, -0.2) is 76.1 Å². The lowest BCUT2D eigenvalue weighted by atomic mass is 10.1. The number of carbonyl (C=O) groups excluding carboxylic acids is 1.